The van der Waals surface area contributed by atoms with Crippen LogP contribution in [0.5, 0.6) is 0 Å². The first-order valence-corrected chi connectivity index (χ1v) is 24.3. The molecule has 0 bridgehead atoms. The van der Waals surface area contributed by atoms with Crippen molar-refractivity contribution in [2.45, 2.75) is 142 Å². The smallest absolute Gasteiger partial charge is 0.308 e. The predicted molar refractivity (Wildman–Crippen MR) is 210 cm³/mol. The fourth-order valence-electron chi connectivity index (χ4n) is 5.21. The molecule has 1 spiro atoms. The average Bonchev–Trinajstić information content (AvgIpc) is 3.82. The molecule has 0 unspecified atom stereocenters. The van der Waals surface area contributed by atoms with E-state index in [1.165, 1.54) is 57.8 Å². The zero-order valence-corrected chi connectivity index (χ0v) is 33.2. The monoisotopic (exact) mass is 789 g/mol. The Morgan fingerprint density at radius 3 is 1.69 bits per heavy atom. The summed E-state index contributed by atoms with van der Waals surface area (Å²) in [6.45, 7) is 1.71. The molecule has 2 rings (SSSR count). The summed E-state index contributed by atoms with van der Waals surface area (Å²) >= 11 is 0. The quantitative estimate of drug-likeness (QED) is 0.0330. The third kappa shape index (κ3) is 23.6. The van der Waals surface area contributed by atoms with Gasteiger partial charge in [0.1, 0.15) is 12.4 Å². The second kappa shape index (κ2) is 28.7. The fraction of sp³-hybridized carbons (Fsp3) is 0.879. The number of hydrogen-bond donors (Lipinski definition) is 3. The second-order valence-electron chi connectivity index (χ2n) is 12.3. The molecular formula is C33H59NO8S6. The Morgan fingerprint density at radius 1 is 0.625 bits per heavy atom. The number of carboxylic acid groups (broad SMARTS) is 2. The molecule has 1 amide bonds. The van der Waals surface area contributed by atoms with Gasteiger partial charge in [0.2, 0.25) is 5.91 Å². The van der Waals surface area contributed by atoms with Crippen molar-refractivity contribution >= 4 is 88.4 Å². The number of amides is 1. The van der Waals surface area contributed by atoms with Crippen LogP contribution in [0.25, 0.3) is 0 Å². The van der Waals surface area contributed by atoms with E-state index in [2.05, 4.69) is 5.32 Å². The maximum Gasteiger partial charge on any atom is 0.308 e. The number of nitrogens with one attached hydrogen (secondary N) is 1. The van der Waals surface area contributed by atoms with Crippen molar-refractivity contribution in [3.8, 4) is 0 Å². The minimum atomic E-state index is -0.744. The first kappa shape index (κ1) is 44.3. The highest BCUT2D eigenvalue weighted by atomic mass is 33.2. The molecule has 0 saturated carbocycles. The molecule has 3 N–H and O–H groups in total. The van der Waals surface area contributed by atoms with Gasteiger partial charge in [0, 0.05) is 33.8 Å². The fourth-order valence-corrected chi connectivity index (χ4v) is 19.0. The van der Waals surface area contributed by atoms with Crippen molar-refractivity contribution in [2.24, 2.45) is 5.92 Å². The standard InChI is InChI=1S/C33H57NO8S6.H2/c35-27(18-13-11-9-7-5-3-1-2-4-6-8-10-12-14-21-30(37)38)19-17-23-41-24-25-42-26-29(36)34-22-16-15-20-28(31(39)40)32-43-45-33(46-44-32)47-48-33;/h28,32H,1-26H2,(H,34,36)(H,37,38)(H,39,40);1H/t28-;/m0./s1. The number of carbonyl (C=O) groups is 4. The van der Waals surface area contributed by atoms with Crippen LogP contribution in [0, 0.1) is 5.92 Å². The van der Waals surface area contributed by atoms with Gasteiger partial charge in [0.15, 0.2) is 2.74 Å². The second-order valence-corrected chi connectivity index (χ2v) is 21.9. The van der Waals surface area contributed by atoms with Gasteiger partial charge in [0.25, 0.3) is 0 Å². The van der Waals surface area contributed by atoms with E-state index in [1.807, 2.05) is 21.6 Å². The maximum atomic E-state index is 12.1. The third-order valence-electron chi connectivity index (χ3n) is 8.06. The molecule has 2 fully saturated rings. The van der Waals surface area contributed by atoms with E-state index in [4.69, 9.17) is 14.6 Å². The van der Waals surface area contributed by atoms with Crippen molar-refractivity contribution in [3.05, 3.63) is 0 Å². The lowest BCUT2D eigenvalue weighted by molar-refractivity contribution is -0.141. The number of aliphatic carboxylic acids is 2. The zero-order chi connectivity index (χ0) is 34.7. The lowest BCUT2D eigenvalue weighted by Crippen LogP contribution is -2.29. The van der Waals surface area contributed by atoms with Gasteiger partial charge in [-0.15, -0.1) is 0 Å². The van der Waals surface area contributed by atoms with E-state index < -0.39 is 11.9 Å². The van der Waals surface area contributed by atoms with Crippen molar-refractivity contribution in [3.63, 3.8) is 0 Å². The van der Waals surface area contributed by atoms with Gasteiger partial charge < -0.3 is 25.0 Å². The van der Waals surface area contributed by atoms with Crippen molar-refractivity contribution < 1.29 is 40.3 Å². The van der Waals surface area contributed by atoms with Crippen LogP contribution in [0.1, 0.15) is 136 Å². The van der Waals surface area contributed by atoms with Crippen LogP contribution in [-0.4, -0.2) is 74.1 Å². The van der Waals surface area contributed by atoms with Crippen LogP contribution in [0.2, 0.25) is 0 Å². The SMILES string of the molecule is O=C(O)CCCCCCCCCCCCCCCCC(=O)CCCOCCOCC(=O)NCCCC[C@@H](C(=O)O)C1SSC2(SS1)SS2.[HH]. The van der Waals surface area contributed by atoms with Gasteiger partial charge in [-0.05, 0) is 53.7 Å². The Hall–Kier alpha value is 0.100. The Labute approximate surface area is 313 Å². The summed E-state index contributed by atoms with van der Waals surface area (Å²) in [4.78, 5) is 46.4. The topological polar surface area (TPSA) is 139 Å². The highest BCUT2D eigenvalue weighted by molar-refractivity contribution is 9.14. The highest BCUT2D eigenvalue weighted by Gasteiger charge is 2.53. The van der Waals surface area contributed by atoms with Gasteiger partial charge in [-0.25, -0.2) is 0 Å². The van der Waals surface area contributed by atoms with E-state index in [1.54, 1.807) is 43.2 Å². The zero-order valence-electron chi connectivity index (χ0n) is 28.3. The number of ketones is 1. The van der Waals surface area contributed by atoms with Crippen molar-refractivity contribution in [1.29, 1.82) is 0 Å². The van der Waals surface area contributed by atoms with E-state index in [0.29, 0.717) is 64.3 Å². The van der Waals surface area contributed by atoms with Gasteiger partial charge >= 0.3 is 11.9 Å². The molecule has 9 nitrogen and oxygen atoms in total. The lowest BCUT2D eigenvalue weighted by Gasteiger charge is -2.27. The van der Waals surface area contributed by atoms with Gasteiger partial charge in [-0.2, -0.15) is 0 Å². The van der Waals surface area contributed by atoms with E-state index in [0.717, 1.165) is 44.9 Å². The summed E-state index contributed by atoms with van der Waals surface area (Å²) in [7, 11) is 10.6. The molecule has 0 aromatic rings. The Kier molecular flexibility index (Phi) is 26.4. The van der Waals surface area contributed by atoms with Crippen LogP contribution in [-0.2, 0) is 28.7 Å². The summed E-state index contributed by atoms with van der Waals surface area (Å²) in [6.07, 6.45) is 20.8. The summed E-state index contributed by atoms with van der Waals surface area (Å²) in [6, 6.07) is 0. The van der Waals surface area contributed by atoms with Gasteiger partial charge in [-0.3, -0.25) is 19.2 Å². The maximum absolute atomic E-state index is 12.1. The molecule has 280 valence electrons. The number of ether oxygens (including phenoxy) is 2. The minimum absolute atomic E-state index is 0. The molecule has 48 heavy (non-hydrogen) atoms. The molecule has 2 heterocycles. The summed E-state index contributed by atoms with van der Waals surface area (Å²) < 4.78 is 11.1. The largest absolute Gasteiger partial charge is 0.481 e. The normalized spacial score (nSPS) is 16.2. The molecule has 2 aliphatic rings. The van der Waals surface area contributed by atoms with Crippen LogP contribution in [0.4, 0.5) is 0 Å². The Balaban J connectivity index is 0.0000120. The number of Topliss-reactive ketones (excluding diaryl/α,β-unsaturated/α-hetero) is 1. The van der Waals surface area contributed by atoms with Crippen LogP contribution >= 0.6 is 64.8 Å². The van der Waals surface area contributed by atoms with Crippen molar-refractivity contribution in [2.75, 3.05) is 33.0 Å². The first-order valence-electron chi connectivity index (χ1n) is 17.8. The molecule has 1 atom stereocenters. The number of hydrogen-bond acceptors (Lipinski definition) is 12. The highest BCUT2D eigenvalue weighted by Crippen LogP contribution is 2.84. The van der Waals surface area contributed by atoms with Crippen LogP contribution < -0.4 is 5.32 Å². The van der Waals surface area contributed by atoms with Gasteiger partial charge in [-0.1, -0.05) is 127 Å². The van der Waals surface area contributed by atoms with E-state index >= 15 is 0 Å². The van der Waals surface area contributed by atoms with Gasteiger partial charge in [0.05, 0.1) is 23.7 Å². The molecular weight excluding hydrogens is 731 g/mol. The third-order valence-corrected chi connectivity index (χ3v) is 21.9. The Bertz CT molecular complexity index is 910. The predicted octanol–water partition coefficient (Wildman–Crippen LogP) is 10.0. The molecule has 15 heteroatoms. The molecule has 2 saturated heterocycles. The van der Waals surface area contributed by atoms with E-state index in [9.17, 15) is 24.3 Å². The Morgan fingerprint density at radius 2 is 1.15 bits per heavy atom. The number of unbranched alkanes of at least 4 members (excludes halogenated alkanes) is 14. The molecule has 0 radical (unpaired) electrons. The lowest BCUT2D eigenvalue weighted by atomic mass is 10.0. The van der Waals surface area contributed by atoms with Crippen molar-refractivity contribution in [1.82, 2.24) is 5.32 Å². The number of rotatable bonds is 33. The molecule has 0 aromatic carbocycles. The number of carboxylic acids is 2. The molecule has 0 aromatic heterocycles. The summed E-state index contributed by atoms with van der Waals surface area (Å²) in [5, 5.41) is 21.1. The van der Waals surface area contributed by atoms with Crippen LogP contribution in [0.15, 0.2) is 0 Å². The van der Waals surface area contributed by atoms with Crippen LogP contribution in [0.3, 0.4) is 0 Å². The summed E-state index contributed by atoms with van der Waals surface area (Å²) in [5.41, 5.74) is 0. The number of carbonyl (C=O) groups excluding carboxylic acids is 2. The first-order chi connectivity index (χ1) is 23.3. The minimum Gasteiger partial charge on any atom is -0.481 e. The average molecular weight is 790 g/mol. The summed E-state index contributed by atoms with van der Waals surface area (Å²) in [5.74, 6) is -1.69. The molecule has 0 aliphatic carbocycles. The molecule has 2 aliphatic heterocycles. The van der Waals surface area contributed by atoms with E-state index in [-0.39, 0.29) is 27.2 Å².